The van der Waals surface area contributed by atoms with Gasteiger partial charge in [-0.3, -0.25) is 4.57 Å². The van der Waals surface area contributed by atoms with Crippen molar-refractivity contribution in [1.82, 2.24) is 9.55 Å². The first-order valence-corrected chi connectivity index (χ1v) is 16.2. The van der Waals surface area contributed by atoms with Crippen LogP contribution in [0.4, 0.5) is 0 Å². The van der Waals surface area contributed by atoms with Gasteiger partial charge in [-0.15, -0.1) is 11.8 Å². The summed E-state index contributed by atoms with van der Waals surface area (Å²) in [4.78, 5) is 17.4. The Morgan fingerprint density at radius 3 is 2.13 bits per heavy atom. The Bertz CT molecular complexity index is 1680. The predicted molar refractivity (Wildman–Crippen MR) is 178 cm³/mol. The Hall–Kier alpha value is -4.18. The summed E-state index contributed by atoms with van der Waals surface area (Å²) >= 11 is 1.36. The highest BCUT2D eigenvalue weighted by Gasteiger charge is 2.52. The molecule has 1 aromatic heterocycles. The monoisotopic (exact) mass is 657 g/mol. The molecule has 0 bridgehead atoms. The van der Waals surface area contributed by atoms with Gasteiger partial charge in [0, 0.05) is 31.9 Å². The van der Waals surface area contributed by atoms with Gasteiger partial charge in [0.1, 0.15) is 34.0 Å². The summed E-state index contributed by atoms with van der Waals surface area (Å²) in [5.41, 5.74) is 0.293. The number of methoxy groups -OCH3 is 3. The molecular formula is C36H39N3O7S. The molecule has 3 atom stereocenters. The summed E-state index contributed by atoms with van der Waals surface area (Å²) in [6, 6.07) is 27.3. The van der Waals surface area contributed by atoms with Crippen molar-refractivity contribution in [1.29, 1.82) is 5.26 Å². The molecule has 0 saturated carbocycles. The molecule has 0 unspecified atom stereocenters. The van der Waals surface area contributed by atoms with Gasteiger partial charge in [0.2, 0.25) is 0 Å². The largest absolute Gasteiger partial charge is 0.497 e. The number of aryl methyl sites for hydroxylation is 1. The summed E-state index contributed by atoms with van der Waals surface area (Å²) < 4.78 is 31.6. The van der Waals surface area contributed by atoms with Crippen LogP contribution in [0, 0.1) is 18.3 Å². The average molecular weight is 658 g/mol. The summed E-state index contributed by atoms with van der Waals surface area (Å²) in [5, 5.41) is 21.1. The van der Waals surface area contributed by atoms with E-state index in [1.54, 1.807) is 20.4 Å². The van der Waals surface area contributed by atoms with Crippen molar-refractivity contribution < 1.29 is 28.8 Å². The Balaban J connectivity index is 1.55. The molecule has 0 radical (unpaired) electrons. The summed E-state index contributed by atoms with van der Waals surface area (Å²) in [6.45, 7) is 1.77. The van der Waals surface area contributed by atoms with Crippen LogP contribution in [0.15, 0.2) is 94.9 Å². The number of aromatic nitrogens is 2. The van der Waals surface area contributed by atoms with E-state index in [9.17, 15) is 9.90 Å². The lowest BCUT2D eigenvalue weighted by molar-refractivity contribution is -0.182. The van der Waals surface area contributed by atoms with Crippen LogP contribution < -0.4 is 15.2 Å². The van der Waals surface area contributed by atoms with E-state index < -0.39 is 29.2 Å². The predicted octanol–water partition coefficient (Wildman–Crippen LogP) is 5.25. The van der Waals surface area contributed by atoms with Gasteiger partial charge < -0.3 is 28.8 Å². The first-order valence-electron chi connectivity index (χ1n) is 15.2. The molecule has 1 aliphatic rings. The average Bonchev–Trinajstić information content (AvgIpc) is 3.42. The van der Waals surface area contributed by atoms with Crippen molar-refractivity contribution in [2.24, 2.45) is 0 Å². The highest BCUT2D eigenvalue weighted by Crippen LogP contribution is 2.45. The molecule has 1 saturated heterocycles. The van der Waals surface area contributed by atoms with Crippen LogP contribution in [0.2, 0.25) is 0 Å². The number of aliphatic hydroxyl groups is 1. The number of nitrogens with zero attached hydrogens (tertiary/aromatic N) is 3. The number of hydrogen-bond acceptors (Lipinski definition) is 10. The number of aliphatic hydroxyl groups excluding tert-OH is 1. The lowest BCUT2D eigenvalue weighted by atomic mass is 9.79. The van der Waals surface area contributed by atoms with Crippen LogP contribution in [0.25, 0.3) is 0 Å². The lowest BCUT2D eigenvalue weighted by Gasteiger charge is -2.40. The van der Waals surface area contributed by atoms with E-state index >= 15 is 0 Å². The van der Waals surface area contributed by atoms with E-state index in [-0.39, 0.29) is 19.6 Å². The fourth-order valence-corrected chi connectivity index (χ4v) is 6.73. The van der Waals surface area contributed by atoms with E-state index in [0.29, 0.717) is 28.7 Å². The third-order valence-corrected chi connectivity index (χ3v) is 9.44. The molecule has 3 aromatic carbocycles. The van der Waals surface area contributed by atoms with Crippen molar-refractivity contribution in [2.45, 2.75) is 48.3 Å². The van der Waals surface area contributed by atoms with Crippen LogP contribution in [-0.2, 0) is 19.8 Å². The van der Waals surface area contributed by atoms with E-state index in [2.05, 4.69) is 11.1 Å². The maximum absolute atomic E-state index is 13.2. The highest BCUT2D eigenvalue weighted by atomic mass is 32.2. The van der Waals surface area contributed by atoms with Crippen LogP contribution >= 0.6 is 11.8 Å². The standard InChI is InChI=1S/C36H39N3O7S/c1-25-22-39(34(41)38-33(25)47-20-8-19-37)32-21-31(40)35(46-32,23-42-2)24-45-36(26-9-6-5-7-10-26,27-11-15-29(43-3)16-12-27)28-13-17-30(44-4)18-14-28/h5-7,9-18,22,31-32,40H,8,20-21,23-24H2,1-4H3/t31-,32+,35+/m0/s1. The molecule has 2 heterocycles. The van der Waals surface area contributed by atoms with Crippen LogP contribution in [0.3, 0.4) is 0 Å². The molecule has 1 fully saturated rings. The van der Waals surface area contributed by atoms with Gasteiger partial charge in [-0.2, -0.15) is 10.2 Å². The minimum Gasteiger partial charge on any atom is -0.497 e. The summed E-state index contributed by atoms with van der Waals surface area (Å²) in [6.07, 6.45) is 0.314. The fraction of sp³-hybridized carbons (Fsp3) is 0.361. The number of rotatable bonds is 14. The van der Waals surface area contributed by atoms with Gasteiger partial charge in [0.25, 0.3) is 0 Å². The van der Waals surface area contributed by atoms with Crippen molar-refractivity contribution in [3.8, 4) is 17.6 Å². The first-order chi connectivity index (χ1) is 22.8. The highest BCUT2D eigenvalue weighted by molar-refractivity contribution is 7.99. The minimum absolute atomic E-state index is 0.00399. The second kappa shape index (κ2) is 15.2. The van der Waals surface area contributed by atoms with Gasteiger partial charge in [0.15, 0.2) is 0 Å². The van der Waals surface area contributed by atoms with Gasteiger partial charge in [-0.05, 0) is 53.4 Å². The maximum Gasteiger partial charge on any atom is 0.350 e. The zero-order valence-electron chi connectivity index (χ0n) is 26.9. The molecule has 11 heteroatoms. The van der Waals surface area contributed by atoms with Crippen molar-refractivity contribution in [3.63, 3.8) is 0 Å². The van der Waals surface area contributed by atoms with Gasteiger partial charge >= 0.3 is 5.69 Å². The molecule has 0 spiro atoms. The number of ether oxygens (including phenoxy) is 5. The number of thioether (sulfide) groups is 1. The zero-order valence-corrected chi connectivity index (χ0v) is 27.7. The zero-order chi connectivity index (χ0) is 33.4. The Morgan fingerprint density at radius 2 is 1.57 bits per heavy atom. The van der Waals surface area contributed by atoms with E-state index in [0.717, 1.165) is 22.3 Å². The second-order valence-corrected chi connectivity index (χ2v) is 12.4. The van der Waals surface area contributed by atoms with Gasteiger partial charge in [-0.25, -0.2) is 4.79 Å². The molecule has 1 N–H and O–H groups in total. The Kier molecular flexibility index (Phi) is 11.0. The SMILES string of the molecule is COC[C@]1(COC(c2ccccc2)(c2ccc(OC)cc2)c2ccc(OC)cc2)O[C@@H](n2cc(C)c(SCCC#N)nc2=O)C[C@@H]1O. The normalized spacial score (nSPS) is 19.3. The molecule has 246 valence electrons. The molecule has 4 aromatic rings. The molecule has 5 rings (SSSR count). The number of nitriles is 1. The Labute approximate surface area is 278 Å². The van der Waals surface area contributed by atoms with Gasteiger partial charge in [0.05, 0.1) is 39.6 Å². The van der Waals surface area contributed by atoms with E-state index in [4.69, 9.17) is 28.9 Å². The fourth-order valence-electron chi connectivity index (χ4n) is 5.92. The summed E-state index contributed by atoms with van der Waals surface area (Å²) in [7, 11) is 4.77. The third-order valence-electron chi connectivity index (χ3n) is 8.35. The lowest BCUT2D eigenvalue weighted by Crippen LogP contribution is -2.50. The van der Waals surface area contributed by atoms with Crippen molar-refractivity contribution in [3.05, 3.63) is 118 Å². The second-order valence-electron chi connectivity index (χ2n) is 11.3. The molecule has 1 aliphatic heterocycles. The van der Waals surface area contributed by atoms with Crippen molar-refractivity contribution >= 4 is 11.8 Å². The first kappa shape index (κ1) is 34.2. The Morgan fingerprint density at radius 1 is 0.979 bits per heavy atom. The molecule has 0 aliphatic carbocycles. The van der Waals surface area contributed by atoms with E-state index in [1.807, 2.05) is 85.8 Å². The van der Waals surface area contributed by atoms with Crippen LogP contribution in [-0.4, -0.2) is 66.7 Å². The molecule has 10 nitrogen and oxygen atoms in total. The smallest absolute Gasteiger partial charge is 0.350 e. The number of benzene rings is 3. The third kappa shape index (κ3) is 7.07. The van der Waals surface area contributed by atoms with Crippen LogP contribution in [0.1, 0.15) is 41.3 Å². The number of hydrogen-bond donors (Lipinski definition) is 1. The minimum atomic E-state index is -1.33. The molecule has 47 heavy (non-hydrogen) atoms. The molecular weight excluding hydrogens is 618 g/mol. The van der Waals surface area contributed by atoms with E-state index in [1.165, 1.54) is 23.4 Å². The van der Waals surface area contributed by atoms with Crippen molar-refractivity contribution in [2.75, 3.05) is 40.3 Å². The maximum atomic E-state index is 13.2. The quantitative estimate of drug-likeness (QED) is 0.0832. The van der Waals surface area contributed by atoms with Crippen LogP contribution in [0.5, 0.6) is 11.5 Å². The topological polar surface area (TPSA) is 125 Å². The summed E-state index contributed by atoms with van der Waals surface area (Å²) in [5.74, 6) is 1.93. The van der Waals surface area contributed by atoms with Gasteiger partial charge in [-0.1, -0.05) is 54.6 Å². The molecule has 0 amide bonds.